The van der Waals surface area contributed by atoms with E-state index >= 15 is 0 Å². The maximum atomic E-state index is 2.33. The molecule has 0 spiro atoms. The lowest BCUT2D eigenvalue weighted by Crippen LogP contribution is -2.21. The number of hydrogen-bond donors (Lipinski definition) is 0. The molecule has 108 valence electrons. The Morgan fingerprint density at radius 2 is 1.05 bits per heavy atom. The molecule has 1 aromatic rings. The monoisotopic (exact) mass is 263 g/mol. The molecule has 1 aromatic carbocycles. The second-order valence-electron chi connectivity index (χ2n) is 6.28. The summed E-state index contributed by atoms with van der Waals surface area (Å²) >= 11 is 0. The van der Waals surface area contributed by atoms with Gasteiger partial charge in [-0.25, -0.2) is 0 Å². The van der Waals surface area contributed by atoms with Gasteiger partial charge in [0.05, 0.1) is 0 Å². The molecular formula is C16H29N3. The van der Waals surface area contributed by atoms with E-state index in [0.29, 0.717) is 0 Å². The van der Waals surface area contributed by atoms with Crippen molar-refractivity contribution in [1.29, 1.82) is 0 Å². The summed E-state index contributed by atoms with van der Waals surface area (Å²) in [6.45, 7) is 5.21. The van der Waals surface area contributed by atoms with Crippen molar-refractivity contribution >= 4 is 0 Å². The van der Waals surface area contributed by atoms with E-state index in [1.165, 1.54) is 22.3 Å². The lowest BCUT2D eigenvalue weighted by Gasteiger charge is -2.23. The van der Waals surface area contributed by atoms with Crippen LogP contribution in [0.5, 0.6) is 0 Å². The first kappa shape index (κ1) is 16.2. The van der Waals surface area contributed by atoms with Crippen molar-refractivity contribution in [3.05, 3.63) is 34.4 Å². The van der Waals surface area contributed by atoms with Crippen molar-refractivity contribution in [2.45, 2.75) is 26.6 Å². The summed E-state index contributed by atoms with van der Waals surface area (Å²) in [4.78, 5) is 6.74. The van der Waals surface area contributed by atoms with Gasteiger partial charge in [0, 0.05) is 19.6 Å². The van der Waals surface area contributed by atoms with Crippen LogP contribution in [0.15, 0.2) is 12.1 Å². The van der Waals surface area contributed by atoms with Gasteiger partial charge in [-0.2, -0.15) is 0 Å². The van der Waals surface area contributed by atoms with E-state index in [4.69, 9.17) is 0 Å². The van der Waals surface area contributed by atoms with E-state index in [-0.39, 0.29) is 0 Å². The molecule has 0 heterocycles. The Hall–Kier alpha value is -0.900. The fourth-order valence-electron chi connectivity index (χ4n) is 2.45. The molecule has 0 fully saturated rings. The molecule has 0 saturated carbocycles. The Morgan fingerprint density at radius 3 is 1.37 bits per heavy atom. The molecule has 0 atom stereocenters. The molecule has 0 aliphatic rings. The van der Waals surface area contributed by atoms with Crippen molar-refractivity contribution in [2.24, 2.45) is 0 Å². The van der Waals surface area contributed by atoms with Crippen LogP contribution < -0.4 is 0 Å². The third kappa shape index (κ3) is 5.31. The minimum Gasteiger partial charge on any atom is -0.305 e. The van der Waals surface area contributed by atoms with Gasteiger partial charge in [0.25, 0.3) is 0 Å². The predicted octanol–water partition coefficient (Wildman–Crippen LogP) is 2.18. The van der Waals surface area contributed by atoms with Crippen LogP contribution in [0.1, 0.15) is 22.3 Å². The van der Waals surface area contributed by atoms with Crippen LogP contribution in [-0.4, -0.2) is 57.0 Å². The van der Waals surface area contributed by atoms with Crippen LogP contribution in [0.2, 0.25) is 0 Å². The molecule has 0 bridgehead atoms. The van der Waals surface area contributed by atoms with Crippen molar-refractivity contribution in [1.82, 2.24) is 14.7 Å². The SMILES string of the molecule is Cc1cc(CN(C)C)c(CN(C)C)c(CN(C)C)c1. The van der Waals surface area contributed by atoms with Crippen molar-refractivity contribution in [3.63, 3.8) is 0 Å². The van der Waals surface area contributed by atoms with Gasteiger partial charge in [-0.3, -0.25) is 0 Å². The van der Waals surface area contributed by atoms with Gasteiger partial charge >= 0.3 is 0 Å². The fraction of sp³-hybridized carbons (Fsp3) is 0.625. The van der Waals surface area contributed by atoms with Crippen molar-refractivity contribution in [2.75, 3.05) is 42.3 Å². The van der Waals surface area contributed by atoms with Crippen molar-refractivity contribution in [3.8, 4) is 0 Å². The third-order valence-electron chi connectivity index (χ3n) is 3.03. The van der Waals surface area contributed by atoms with Gasteiger partial charge in [-0.1, -0.05) is 17.7 Å². The van der Waals surface area contributed by atoms with Crippen molar-refractivity contribution < 1.29 is 0 Å². The summed E-state index contributed by atoms with van der Waals surface area (Å²) in [5.74, 6) is 0. The molecule has 3 heteroatoms. The zero-order valence-corrected chi connectivity index (χ0v) is 13.6. The second kappa shape index (κ2) is 7.04. The lowest BCUT2D eigenvalue weighted by molar-refractivity contribution is 0.368. The first-order valence-corrected chi connectivity index (χ1v) is 6.85. The molecule has 19 heavy (non-hydrogen) atoms. The molecule has 0 unspecified atom stereocenters. The Morgan fingerprint density at radius 1 is 0.684 bits per heavy atom. The molecule has 0 aliphatic heterocycles. The van der Waals surface area contributed by atoms with Crippen LogP contribution in [0.4, 0.5) is 0 Å². The highest BCUT2D eigenvalue weighted by molar-refractivity contribution is 5.39. The zero-order chi connectivity index (χ0) is 14.6. The summed E-state index contributed by atoms with van der Waals surface area (Å²) in [7, 11) is 12.8. The summed E-state index contributed by atoms with van der Waals surface area (Å²) in [5, 5.41) is 0. The van der Waals surface area contributed by atoms with Crippen LogP contribution in [0.25, 0.3) is 0 Å². The molecule has 0 N–H and O–H groups in total. The average Bonchev–Trinajstić information content (AvgIpc) is 2.20. The van der Waals surface area contributed by atoms with E-state index in [9.17, 15) is 0 Å². The highest BCUT2D eigenvalue weighted by Gasteiger charge is 2.12. The first-order chi connectivity index (χ1) is 8.79. The quantitative estimate of drug-likeness (QED) is 0.779. The molecule has 1 rings (SSSR count). The van der Waals surface area contributed by atoms with E-state index < -0.39 is 0 Å². The van der Waals surface area contributed by atoms with Gasteiger partial charge in [-0.05, 0) is 65.9 Å². The lowest BCUT2D eigenvalue weighted by atomic mass is 9.96. The molecule has 0 aliphatic carbocycles. The predicted molar refractivity (Wildman–Crippen MR) is 83.4 cm³/mol. The summed E-state index contributed by atoms with van der Waals surface area (Å²) in [6.07, 6.45) is 0. The van der Waals surface area contributed by atoms with Crippen LogP contribution in [0.3, 0.4) is 0 Å². The molecule has 3 nitrogen and oxygen atoms in total. The molecule has 0 saturated heterocycles. The highest BCUT2D eigenvalue weighted by Crippen LogP contribution is 2.21. The van der Waals surface area contributed by atoms with Gasteiger partial charge in [-0.15, -0.1) is 0 Å². The smallest absolute Gasteiger partial charge is 0.0234 e. The number of benzene rings is 1. The molecular weight excluding hydrogens is 234 g/mol. The topological polar surface area (TPSA) is 9.72 Å². The van der Waals surface area contributed by atoms with Gasteiger partial charge < -0.3 is 14.7 Å². The van der Waals surface area contributed by atoms with Crippen LogP contribution in [0, 0.1) is 6.92 Å². The average molecular weight is 263 g/mol. The maximum Gasteiger partial charge on any atom is 0.0234 e. The summed E-state index contributed by atoms with van der Waals surface area (Å²) in [5.41, 5.74) is 5.75. The Kier molecular flexibility index (Phi) is 5.98. The van der Waals surface area contributed by atoms with E-state index in [1.54, 1.807) is 0 Å². The minimum atomic E-state index is 1.01. The van der Waals surface area contributed by atoms with Crippen LogP contribution in [-0.2, 0) is 19.6 Å². The highest BCUT2D eigenvalue weighted by atomic mass is 15.1. The standard InChI is InChI=1S/C16H29N3/c1-13-8-14(10-17(2)3)16(12-19(6)7)15(9-13)11-18(4)5/h8-9H,10-12H2,1-7H3. The second-order valence-corrected chi connectivity index (χ2v) is 6.28. The Labute approximate surface area is 118 Å². The largest absolute Gasteiger partial charge is 0.305 e. The first-order valence-electron chi connectivity index (χ1n) is 6.85. The number of rotatable bonds is 6. The van der Waals surface area contributed by atoms with Crippen LogP contribution >= 0.6 is 0 Å². The van der Waals surface area contributed by atoms with E-state index in [2.05, 4.69) is 76.0 Å². The molecule has 0 aromatic heterocycles. The Balaban J connectivity index is 3.21. The Bertz CT molecular complexity index is 377. The maximum absolute atomic E-state index is 2.33. The molecule has 0 amide bonds. The summed E-state index contributed by atoms with van der Waals surface area (Å²) < 4.78 is 0. The van der Waals surface area contributed by atoms with E-state index in [0.717, 1.165) is 19.6 Å². The van der Waals surface area contributed by atoms with Gasteiger partial charge in [0.1, 0.15) is 0 Å². The fourth-order valence-corrected chi connectivity index (χ4v) is 2.45. The van der Waals surface area contributed by atoms with Gasteiger partial charge in [0.2, 0.25) is 0 Å². The minimum absolute atomic E-state index is 1.01. The third-order valence-corrected chi connectivity index (χ3v) is 3.03. The number of aryl methyl sites for hydroxylation is 1. The van der Waals surface area contributed by atoms with E-state index in [1.807, 2.05) is 0 Å². The van der Waals surface area contributed by atoms with Gasteiger partial charge in [0.15, 0.2) is 0 Å². The molecule has 0 radical (unpaired) electrons. The number of nitrogens with zero attached hydrogens (tertiary/aromatic N) is 3. The zero-order valence-electron chi connectivity index (χ0n) is 13.6. The normalized spacial score (nSPS) is 11.9. The summed E-state index contributed by atoms with van der Waals surface area (Å²) in [6, 6.07) is 4.66. The number of hydrogen-bond acceptors (Lipinski definition) is 3.